The first-order valence-corrected chi connectivity index (χ1v) is 19.2. The van der Waals surface area contributed by atoms with Crippen molar-refractivity contribution < 1.29 is 0 Å². The molecule has 0 radical (unpaired) electrons. The summed E-state index contributed by atoms with van der Waals surface area (Å²) in [5, 5.41) is 1.89. The van der Waals surface area contributed by atoms with Crippen LogP contribution in [0.25, 0.3) is 0 Å². The lowest BCUT2D eigenvalue weighted by Gasteiger charge is -2.28. The van der Waals surface area contributed by atoms with E-state index in [1.807, 2.05) is 5.38 Å². The summed E-state index contributed by atoms with van der Waals surface area (Å²) in [6.07, 6.45) is 17.9. The summed E-state index contributed by atoms with van der Waals surface area (Å²) in [5.41, 5.74) is 0. The van der Waals surface area contributed by atoms with Crippen LogP contribution in [-0.4, -0.2) is 24.6 Å². The van der Waals surface area contributed by atoms with E-state index in [-0.39, 0.29) is 0 Å². The Morgan fingerprint density at radius 1 is 0.656 bits per heavy atom. The molecule has 0 aliphatic carbocycles. The Hall–Kier alpha value is 1.63. The van der Waals surface area contributed by atoms with E-state index in [0.717, 1.165) is 18.9 Å². The van der Waals surface area contributed by atoms with Gasteiger partial charge in [-0.05, 0) is 34.2 Å². The van der Waals surface area contributed by atoms with Crippen LogP contribution in [0.4, 0.5) is 0 Å². The molecule has 0 saturated carbocycles. The van der Waals surface area contributed by atoms with Gasteiger partial charge in [0.2, 0.25) is 0 Å². The van der Waals surface area contributed by atoms with Gasteiger partial charge >= 0.3 is 0 Å². The molecule has 0 aliphatic rings. The van der Waals surface area contributed by atoms with Crippen molar-refractivity contribution in [1.29, 1.82) is 0 Å². The van der Waals surface area contributed by atoms with Crippen molar-refractivity contribution in [3.05, 3.63) is 11.7 Å². The van der Waals surface area contributed by atoms with Gasteiger partial charge in [-0.2, -0.15) is 0 Å². The minimum absolute atomic E-state index is 0.562. The zero-order valence-corrected chi connectivity index (χ0v) is 27.9. The molecule has 2 heterocycles. The number of rotatable bonds is 12. The minimum Gasteiger partial charge on any atom is -0.429 e. The summed E-state index contributed by atoms with van der Waals surface area (Å²) in [5.74, 6) is 0. The largest absolute Gasteiger partial charge is 0.429 e. The Morgan fingerprint density at radius 2 is 1.03 bits per heavy atom. The summed E-state index contributed by atoms with van der Waals surface area (Å²) in [6, 6.07) is 0. The maximum absolute atomic E-state index is 4.83. The third-order valence-corrected chi connectivity index (χ3v) is 16.3. The zero-order valence-electron chi connectivity index (χ0n) is 19.7. The van der Waals surface area contributed by atoms with E-state index in [9.17, 15) is 0 Å². The second-order valence-corrected chi connectivity index (χ2v) is 20.4. The van der Waals surface area contributed by atoms with Crippen molar-refractivity contribution in [1.82, 2.24) is 0 Å². The fourth-order valence-corrected chi connectivity index (χ4v) is 14.1. The molecule has 2 aromatic rings. The van der Waals surface area contributed by atoms with E-state index in [1.54, 1.807) is 24.6 Å². The lowest BCUT2D eigenvalue weighted by Crippen LogP contribution is -2.12. The van der Waals surface area contributed by atoms with Crippen LogP contribution in [0.2, 0.25) is 0 Å². The lowest BCUT2D eigenvalue weighted by atomic mass is 10.4. The summed E-state index contributed by atoms with van der Waals surface area (Å²) in [7, 11) is -0.562. The third kappa shape index (κ3) is 16.3. The van der Waals surface area contributed by atoms with E-state index >= 15 is 0 Å². The molecule has 0 bridgehead atoms. The van der Waals surface area contributed by atoms with E-state index in [2.05, 4.69) is 27.7 Å². The number of unbranched alkanes of at least 4 members (excludes halogenated alkanes) is 4. The molecule has 0 atom stereocenters. The van der Waals surface area contributed by atoms with Gasteiger partial charge < -0.3 is 71.9 Å². The molecule has 2 aromatic heterocycles. The van der Waals surface area contributed by atoms with Crippen LogP contribution >= 0.6 is 77.0 Å². The van der Waals surface area contributed by atoms with Crippen LogP contribution in [0.5, 0.6) is 0 Å². The van der Waals surface area contributed by atoms with Gasteiger partial charge in [0.1, 0.15) is 0 Å². The van der Waals surface area contributed by atoms with Crippen LogP contribution in [0.15, 0.2) is 18.0 Å². The monoisotopic (exact) mass is 620 g/mol. The van der Waals surface area contributed by atoms with Crippen LogP contribution in [-0.2, 0) is 37.9 Å². The van der Waals surface area contributed by atoms with E-state index < -0.39 is 7.26 Å². The smallest absolute Gasteiger partial charge is 0.0594 e. The molecule has 0 unspecified atom stereocenters. The second-order valence-electron chi connectivity index (χ2n) is 7.59. The highest BCUT2D eigenvalue weighted by Crippen LogP contribution is 2.61. The fraction of sp³-hybridized carbons (Fsp3) is 0.727. The van der Waals surface area contributed by atoms with Crippen molar-refractivity contribution >= 4 is 115 Å². The molecule has 32 heavy (non-hydrogen) atoms. The summed E-state index contributed by atoms with van der Waals surface area (Å²) >= 11 is 29.9. The van der Waals surface area contributed by atoms with E-state index in [1.165, 1.54) is 96.7 Å². The Balaban J connectivity index is 0.000000521. The Labute approximate surface area is 240 Å². The Kier molecular flexibility index (Phi) is 21.8. The maximum Gasteiger partial charge on any atom is 0.0594 e. The van der Waals surface area contributed by atoms with Gasteiger partial charge in [0, 0.05) is 7.26 Å². The molecule has 0 N–H and O–H groups in total. The van der Waals surface area contributed by atoms with Crippen LogP contribution in [0, 0.1) is 6.28 Å². The predicted octanol–water partition coefficient (Wildman–Crippen LogP) is 11.0. The van der Waals surface area contributed by atoms with Crippen molar-refractivity contribution in [2.24, 2.45) is 0 Å². The number of hydrogen-bond donors (Lipinski definition) is 0. The topological polar surface area (TPSA) is 0 Å². The zero-order chi connectivity index (χ0) is 24.4. The molecule has 0 fully saturated rings. The van der Waals surface area contributed by atoms with Gasteiger partial charge in [-0.15, -0.1) is 36.2 Å². The average Bonchev–Trinajstić information content (AvgIpc) is 3.29. The van der Waals surface area contributed by atoms with E-state index in [4.69, 9.17) is 62.3 Å². The van der Waals surface area contributed by atoms with Gasteiger partial charge in [0.25, 0.3) is 0 Å². The molecule has 10 heteroatoms. The maximum atomic E-state index is 4.83. The predicted molar refractivity (Wildman–Crippen MR) is 169 cm³/mol. The van der Waals surface area contributed by atoms with Crippen molar-refractivity contribution in [3.8, 4) is 0 Å². The van der Waals surface area contributed by atoms with Crippen LogP contribution in [0.1, 0.15) is 79.1 Å². The molecule has 0 aromatic carbocycles. The molecule has 0 amide bonds. The quantitative estimate of drug-likeness (QED) is 0.131. The van der Waals surface area contributed by atoms with Crippen molar-refractivity contribution in [3.63, 3.8) is 0 Å². The fourth-order valence-electron chi connectivity index (χ4n) is 3.13. The van der Waals surface area contributed by atoms with Gasteiger partial charge in [-0.3, -0.25) is 0 Å². The Morgan fingerprint density at radius 3 is 1.19 bits per heavy atom. The number of hydrogen-bond acceptors (Lipinski definition) is 9. The SMILES string of the molecule is CCCC[P+](CCCC)(CCCC)CCCC.S=c1sc([S-])c([S-])s1.S=c1scc([S-])s1. The van der Waals surface area contributed by atoms with Crippen LogP contribution in [0.3, 0.4) is 0 Å². The third-order valence-electron chi connectivity index (χ3n) is 4.90. The molecular weight excluding hydrogens is 584 g/mol. The molecule has 0 saturated heterocycles. The van der Waals surface area contributed by atoms with Gasteiger partial charge in [0.05, 0.1) is 27.8 Å². The highest BCUT2D eigenvalue weighted by molar-refractivity contribution is 7.78. The molecule has 0 aliphatic heterocycles. The van der Waals surface area contributed by atoms with Crippen LogP contribution < -0.4 is 0 Å². The second kappa shape index (κ2) is 20.8. The molecule has 186 valence electrons. The average molecular weight is 621 g/mol. The minimum atomic E-state index is -0.562. The van der Waals surface area contributed by atoms with Crippen molar-refractivity contribution in [2.45, 2.75) is 91.7 Å². The van der Waals surface area contributed by atoms with Gasteiger partial charge in [-0.1, -0.05) is 65.6 Å². The molecule has 0 spiro atoms. The van der Waals surface area contributed by atoms with E-state index in [0.29, 0.717) is 0 Å². The van der Waals surface area contributed by atoms with Crippen molar-refractivity contribution in [2.75, 3.05) is 24.6 Å². The molecule has 0 nitrogen and oxygen atoms in total. The molecule has 2 rings (SSSR count). The standard InChI is InChI=1S/C16H36P.C3H2S5.C3H2S4/c1-5-9-13-17(14-10-6-2,15-11-7-3)16-12-8-4;4-1-2(5)8-3(6)7-1;4-2-1-6-3(5)7-2/h5-16H2,1-4H3;4-5H;1,4H/q+1;;/p-3. The molecular formula is C22H37PS9-2. The first-order valence-electron chi connectivity index (χ1n) is 11.3. The van der Waals surface area contributed by atoms with Gasteiger partial charge in [-0.25, -0.2) is 0 Å². The highest BCUT2D eigenvalue weighted by Gasteiger charge is 2.34. The highest BCUT2D eigenvalue weighted by atomic mass is 32.2. The Bertz CT molecular complexity index is 743. The summed E-state index contributed by atoms with van der Waals surface area (Å²) in [6.45, 7) is 9.42. The summed E-state index contributed by atoms with van der Waals surface area (Å²) < 4.78 is 4.17. The van der Waals surface area contributed by atoms with Gasteiger partial charge in [0.15, 0.2) is 0 Å². The lowest BCUT2D eigenvalue weighted by molar-refractivity contribution is 0.814. The first kappa shape index (κ1) is 33.6. The summed E-state index contributed by atoms with van der Waals surface area (Å²) in [4.78, 5) is 0. The first-order chi connectivity index (χ1) is 15.2. The normalized spacial score (nSPS) is 10.8.